The van der Waals surface area contributed by atoms with E-state index in [9.17, 15) is 9.59 Å². The topological polar surface area (TPSA) is 75.5 Å². The monoisotopic (exact) mass is 368 g/mol. The summed E-state index contributed by atoms with van der Waals surface area (Å²) in [5.74, 6) is -0.370. The second kappa shape index (κ2) is 7.61. The van der Waals surface area contributed by atoms with Gasteiger partial charge >= 0.3 is 6.03 Å². The number of benzene rings is 1. The van der Waals surface area contributed by atoms with Gasteiger partial charge in [0, 0.05) is 11.9 Å². The number of imidazole rings is 1. The lowest BCUT2D eigenvalue weighted by Crippen LogP contribution is -2.39. The first-order valence-electron chi connectivity index (χ1n) is 8.22. The molecule has 0 saturated heterocycles. The first-order chi connectivity index (χ1) is 12.4. The first kappa shape index (κ1) is 18.0. The third kappa shape index (κ3) is 4.05. The van der Waals surface area contributed by atoms with Crippen LogP contribution in [0.5, 0.6) is 0 Å². The van der Waals surface area contributed by atoms with Crippen molar-refractivity contribution in [3.05, 3.63) is 59.9 Å². The highest BCUT2D eigenvalue weighted by molar-refractivity contribution is 8.00. The summed E-state index contributed by atoms with van der Waals surface area (Å²) in [5, 5.41) is 5.33. The van der Waals surface area contributed by atoms with E-state index in [-0.39, 0.29) is 5.91 Å². The molecular weight excluding hydrogens is 348 g/mol. The molecule has 0 aliphatic carbocycles. The Bertz CT molecular complexity index is 967. The number of aromatic nitrogens is 2. The summed E-state index contributed by atoms with van der Waals surface area (Å²) in [6, 6.07) is 10.9. The minimum Gasteiger partial charge on any atom is -0.307 e. The van der Waals surface area contributed by atoms with E-state index in [0.717, 1.165) is 16.6 Å². The van der Waals surface area contributed by atoms with Crippen LogP contribution in [0.3, 0.4) is 0 Å². The van der Waals surface area contributed by atoms with E-state index in [4.69, 9.17) is 0 Å². The Morgan fingerprint density at radius 3 is 2.77 bits per heavy atom. The summed E-state index contributed by atoms with van der Waals surface area (Å²) in [6.07, 6.45) is 3.64. The van der Waals surface area contributed by atoms with Gasteiger partial charge in [0.25, 0.3) is 0 Å². The summed E-state index contributed by atoms with van der Waals surface area (Å²) in [6.45, 7) is 5.64. The van der Waals surface area contributed by atoms with Crippen LogP contribution in [0.2, 0.25) is 0 Å². The maximum absolute atomic E-state index is 12.3. The summed E-state index contributed by atoms with van der Waals surface area (Å²) in [4.78, 5) is 28.8. The van der Waals surface area contributed by atoms with Crippen molar-refractivity contribution >= 4 is 34.9 Å². The van der Waals surface area contributed by atoms with Gasteiger partial charge in [-0.1, -0.05) is 35.5 Å². The van der Waals surface area contributed by atoms with Crippen LogP contribution in [-0.4, -0.2) is 26.6 Å². The molecule has 0 spiro atoms. The predicted octanol–water partition coefficient (Wildman–Crippen LogP) is 3.78. The van der Waals surface area contributed by atoms with Crippen molar-refractivity contribution in [2.75, 3.05) is 5.32 Å². The molecule has 2 heterocycles. The zero-order chi connectivity index (χ0) is 18.7. The molecule has 0 fully saturated rings. The second-order valence-corrected chi connectivity index (χ2v) is 7.37. The summed E-state index contributed by atoms with van der Waals surface area (Å²) >= 11 is 1.30. The third-order valence-electron chi connectivity index (χ3n) is 3.92. The van der Waals surface area contributed by atoms with Gasteiger partial charge in [-0.25, -0.2) is 9.78 Å². The van der Waals surface area contributed by atoms with Gasteiger partial charge in [0.2, 0.25) is 5.91 Å². The highest BCUT2D eigenvalue weighted by atomic mass is 32.2. The van der Waals surface area contributed by atoms with E-state index in [1.807, 2.05) is 60.8 Å². The number of nitrogens with zero attached hydrogens (tertiary/aromatic N) is 2. The lowest BCUT2D eigenvalue weighted by atomic mass is 10.1. The molecule has 1 atom stereocenters. The maximum atomic E-state index is 12.3. The lowest BCUT2D eigenvalue weighted by molar-refractivity contribution is -0.119. The number of anilines is 1. The average molecular weight is 368 g/mol. The van der Waals surface area contributed by atoms with Crippen LogP contribution < -0.4 is 10.6 Å². The Hall–Kier alpha value is -2.80. The van der Waals surface area contributed by atoms with Crippen LogP contribution in [0, 0.1) is 13.8 Å². The molecule has 26 heavy (non-hydrogen) atoms. The van der Waals surface area contributed by atoms with Gasteiger partial charge in [0.15, 0.2) is 5.16 Å². The molecule has 2 aromatic heterocycles. The fourth-order valence-corrected chi connectivity index (χ4v) is 3.41. The molecule has 0 aliphatic heterocycles. The maximum Gasteiger partial charge on any atom is 0.325 e. The molecule has 2 N–H and O–H groups in total. The number of carbonyl (C=O) groups excluding carboxylic acids is 2. The van der Waals surface area contributed by atoms with Crippen molar-refractivity contribution in [1.29, 1.82) is 0 Å². The lowest BCUT2D eigenvalue weighted by Gasteiger charge is -2.12. The quantitative estimate of drug-likeness (QED) is 0.687. The molecule has 1 unspecified atom stereocenters. The Kier molecular flexibility index (Phi) is 5.27. The van der Waals surface area contributed by atoms with Crippen molar-refractivity contribution in [1.82, 2.24) is 14.7 Å². The molecule has 134 valence electrons. The van der Waals surface area contributed by atoms with E-state index in [1.165, 1.54) is 11.8 Å². The number of pyridine rings is 1. The molecule has 1 aromatic carbocycles. The number of hydrogen-bond acceptors (Lipinski definition) is 4. The summed E-state index contributed by atoms with van der Waals surface area (Å²) in [5.41, 5.74) is 3.69. The zero-order valence-corrected chi connectivity index (χ0v) is 15.6. The Morgan fingerprint density at radius 1 is 1.19 bits per heavy atom. The van der Waals surface area contributed by atoms with E-state index in [0.29, 0.717) is 10.8 Å². The molecule has 0 saturated carbocycles. The van der Waals surface area contributed by atoms with Crippen LogP contribution in [0.15, 0.2) is 53.9 Å². The van der Waals surface area contributed by atoms with Crippen molar-refractivity contribution < 1.29 is 9.59 Å². The largest absolute Gasteiger partial charge is 0.325 e. The fraction of sp³-hybridized carbons (Fsp3) is 0.211. The summed E-state index contributed by atoms with van der Waals surface area (Å²) < 4.78 is 1.91. The van der Waals surface area contributed by atoms with Crippen molar-refractivity contribution in [2.45, 2.75) is 31.2 Å². The molecule has 6 nitrogen and oxygen atoms in total. The van der Waals surface area contributed by atoms with Crippen LogP contribution in [0.1, 0.15) is 18.1 Å². The molecule has 3 aromatic rings. The molecular formula is C19H20N4O2S. The minimum atomic E-state index is -0.539. The number of fused-ring (bicyclic) bond motifs is 1. The minimum absolute atomic E-state index is 0.370. The molecule has 3 rings (SSSR count). The number of carbonyl (C=O) groups is 2. The number of nitrogens with one attached hydrogen (secondary N) is 2. The van der Waals surface area contributed by atoms with Crippen LogP contribution in [-0.2, 0) is 4.79 Å². The number of thioether (sulfide) groups is 1. The molecule has 3 amide bonds. The Balaban J connectivity index is 1.61. The number of amides is 3. The number of urea groups is 1. The molecule has 7 heteroatoms. The van der Waals surface area contributed by atoms with Crippen molar-refractivity contribution in [2.24, 2.45) is 0 Å². The third-order valence-corrected chi connectivity index (χ3v) is 5.00. The molecule has 0 radical (unpaired) electrons. The number of hydrogen-bond donors (Lipinski definition) is 2. The molecule has 0 bridgehead atoms. The van der Waals surface area contributed by atoms with Gasteiger partial charge in [0.1, 0.15) is 0 Å². The Morgan fingerprint density at radius 2 is 2.00 bits per heavy atom. The van der Waals surface area contributed by atoms with Crippen LogP contribution in [0.4, 0.5) is 10.5 Å². The number of rotatable bonds is 4. The highest BCUT2D eigenvalue weighted by Crippen LogP contribution is 2.23. The number of aryl methyl sites for hydroxylation is 2. The SMILES string of the molecule is Cc1ccc(NC(=O)NC(=O)C(C)Sc2ncc3ccccn23)c(C)c1. The van der Waals surface area contributed by atoms with Crippen LogP contribution >= 0.6 is 11.8 Å². The van der Waals surface area contributed by atoms with Crippen molar-refractivity contribution in [3.63, 3.8) is 0 Å². The standard InChI is InChI=1S/C19H20N4O2S/c1-12-7-8-16(13(2)10-12)21-18(25)22-17(24)14(3)26-19-20-11-15-6-4-5-9-23(15)19/h4-11,14H,1-3H3,(H2,21,22,24,25). The highest BCUT2D eigenvalue weighted by Gasteiger charge is 2.19. The Labute approximate surface area is 156 Å². The van der Waals surface area contributed by atoms with E-state index >= 15 is 0 Å². The fourth-order valence-electron chi connectivity index (χ4n) is 2.54. The smallest absolute Gasteiger partial charge is 0.307 e. The average Bonchev–Trinajstić information content (AvgIpc) is 3.00. The van der Waals surface area contributed by atoms with Gasteiger partial charge in [0.05, 0.1) is 17.0 Å². The van der Waals surface area contributed by atoms with Crippen molar-refractivity contribution in [3.8, 4) is 0 Å². The zero-order valence-electron chi connectivity index (χ0n) is 14.8. The predicted molar refractivity (Wildman–Crippen MR) is 104 cm³/mol. The summed E-state index contributed by atoms with van der Waals surface area (Å²) in [7, 11) is 0. The number of imide groups is 1. The normalized spacial score (nSPS) is 12.0. The van der Waals surface area contributed by atoms with Gasteiger partial charge in [-0.15, -0.1) is 0 Å². The second-order valence-electron chi connectivity index (χ2n) is 6.06. The van der Waals surface area contributed by atoms with Gasteiger partial charge in [-0.3, -0.25) is 14.5 Å². The van der Waals surface area contributed by atoms with Crippen LogP contribution in [0.25, 0.3) is 5.52 Å². The van der Waals surface area contributed by atoms with Gasteiger partial charge in [-0.05, 0) is 44.5 Å². The van der Waals surface area contributed by atoms with Gasteiger partial charge in [-0.2, -0.15) is 0 Å². The van der Waals surface area contributed by atoms with E-state index in [2.05, 4.69) is 15.6 Å². The molecule has 0 aliphatic rings. The van der Waals surface area contributed by atoms with E-state index < -0.39 is 11.3 Å². The first-order valence-corrected chi connectivity index (χ1v) is 9.10. The van der Waals surface area contributed by atoms with E-state index in [1.54, 1.807) is 13.1 Å². The van der Waals surface area contributed by atoms with Gasteiger partial charge < -0.3 is 5.32 Å².